The lowest BCUT2D eigenvalue weighted by molar-refractivity contribution is 0.414. The Morgan fingerprint density at radius 2 is 1.56 bits per heavy atom. The summed E-state index contributed by atoms with van der Waals surface area (Å²) < 4.78 is 11.1. The Kier molecular flexibility index (Phi) is 5.04. The summed E-state index contributed by atoms with van der Waals surface area (Å²) in [6.45, 7) is 2.05. The van der Waals surface area contributed by atoms with Crippen LogP contribution < -0.4 is 9.47 Å². The van der Waals surface area contributed by atoms with Crippen molar-refractivity contribution in [3.05, 3.63) is 76.8 Å². The lowest BCUT2D eigenvalue weighted by atomic mass is 10.1. The van der Waals surface area contributed by atoms with Crippen LogP contribution in [-0.4, -0.2) is 12.1 Å². The number of nitroso groups, excluding NO2 is 1. The van der Waals surface area contributed by atoms with Crippen molar-refractivity contribution in [3.8, 4) is 28.5 Å². The van der Waals surface area contributed by atoms with E-state index in [0.29, 0.717) is 11.4 Å². The van der Waals surface area contributed by atoms with Gasteiger partial charge in [0.05, 0.1) is 18.5 Å². The Morgan fingerprint density at radius 1 is 0.920 bits per heavy atom. The Bertz CT molecular complexity index is 859. The molecule has 0 bridgehead atoms. The van der Waals surface area contributed by atoms with E-state index in [4.69, 9.17) is 9.47 Å². The van der Waals surface area contributed by atoms with Gasteiger partial charge in [0.15, 0.2) is 0 Å². The van der Waals surface area contributed by atoms with Crippen LogP contribution in [0.2, 0.25) is 0 Å². The molecule has 0 fully saturated rings. The summed E-state index contributed by atoms with van der Waals surface area (Å²) in [7, 11) is 1.58. The fraction of sp³-hybridized carbons (Fsp3) is 0.150. The highest BCUT2D eigenvalue weighted by Crippen LogP contribution is 2.27. The van der Waals surface area contributed by atoms with Gasteiger partial charge in [0.25, 0.3) is 0 Å². The zero-order chi connectivity index (χ0) is 17.6. The molecule has 0 spiro atoms. The maximum Gasteiger partial charge on any atom is 0.127 e. The topological polar surface area (TPSA) is 60.8 Å². The SMILES string of the molecule is COc1cc(CN=O)nc(-c2ccc(Oc3ccc(C)cc3)cc2)c1. The van der Waals surface area contributed by atoms with E-state index < -0.39 is 0 Å². The second-order valence-corrected chi connectivity index (χ2v) is 5.61. The predicted molar refractivity (Wildman–Crippen MR) is 97.0 cm³/mol. The van der Waals surface area contributed by atoms with Gasteiger partial charge in [-0.1, -0.05) is 22.9 Å². The van der Waals surface area contributed by atoms with Crippen LogP contribution in [-0.2, 0) is 6.54 Å². The van der Waals surface area contributed by atoms with Crippen LogP contribution in [0, 0.1) is 11.8 Å². The highest BCUT2D eigenvalue weighted by Gasteiger charge is 2.07. The average molecular weight is 334 g/mol. The molecule has 0 unspecified atom stereocenters. The summed E-state index contributed by atoms with van der Waals surface area (Å²) >= 11 is 0. The van der Waals surface area contributed by atoms with Crippen molar-refractivity contribution < 1.29 is 9.47 Å². The number of nitrogens with zero attached hydrogens (tertiary/aromatic N) is 2. The Balaban J connectivity index is 1.83. The molecule has 1 heterocycles. The smallest absolute Gasteiger partial charge is 0.127 e. The van der Waals surface area contributed by atoms with E-state index in [1.807, 2.05) is 61.5 Å². The fourth-order valence-corrected chi connectivity index (χ4v) is 2.41. The minimum Gasteiger partial charge on any atom is -0.497 e. The van der Waals surface area contributed by atoms with Crippen molar-refractivity contribution in [2.75, 3.05) is 7.11 Å². The standard InChI is InChI=1S/C20H18N2O3/c1-14-3-7-17(8-4-14)25-18-9-5-15(6-10-18)20-12-19(24-2)11-16(22-20)13-21-23/h3-12H,13H2,1-2H3. The Hall–Kier alpha value is -3.21. The molecular formula is C20H18N2O3. The van der Waals surface area contributed by atoms with Gasteiger partial charge < -0.3 is 9.47 Å². The summed E-state index contributed by atoms with van der Waals surface area (Å²) in [5.74, 6) is 2.17. The lowest BCUT2D eigenvalue weighted by Gasteiger charge is -2.09. The summed E-state index contributed by atoms with van der Waals surface area (Å²) in [4.78, 5) is 15.0. The third-order valence-corrected chi connectivity index (χ3v) is 3.72. The first kappa shape index (κ1) is 16.6. The summed E-state index contributed by atoms with van der Waals surface area (Å²) in [5.41, 5.74) is 3.39. The van der Waals surface area contributed by atoms with Crippen LogP contribution in [0.3, 0.4) is 0 Å². The van der Waals surface area contributed by atoms with E-state index in [1.165, 1.54) is 5.56 Å². The number of methoxy groups -OCH3 is 1. The second-order valence-electron chi connectivity index (χ2n) is 5.61. The first-order valence-electron chi connectivity index (χ1n) is 7.87. The number of ether oxygens (including phenoxy) is 2. The van der Waals surface area contributed by atoms with Gasteiger partial charge in [0.2, 0.25) is 0 Å². The van der Waals surface area contributed by atoms with Crippen molar-refractivity contribution in [3.63, 3.8) is 0 Å². The fourth-order valence-electron chi connectivity index (χ4n) is 2.41. The number of pyridine rings is 1. The third-order valence-electron chi connectivity index (χ3n) is 3.72. The van der Waals surface area contributed by atoms with Gasteiger partial charge in [-0.3, -0.25) is 4.98 Å². The van der Waals surface area contributed by atoms with Crippen LogP contribution >= 0.6 is 0 Å². The van der Waals surface area contributed by atoms with Gasteiger partial charge >= 0.3 is 0 Å². The minimum absolute atomic E-state index is 0.0127. The van der Waals surface area contributed by atoms with Gasteiger partial charge in [0, 0.05) is 17.7 Å². The van der Waals surface area contributed by atoms with E-state index in [9.17, 15) is 4.91 Å². The molecule has 25 heavy (non-hydrogen) atoms. The minimum atomic E-state index is 0.0127. The zero-order valence-corrected chi connectivity index (χ0v) is 14.1. The number of hydrogen-bond acceptors (Lipinski definition) is 5. The molecule has 0 atom stereocenters. The molecule has 1 aromatic heterocycles. The monoisotopic (exact) mass is 334 g/mol. The normalized spacial score (nSPS) is 10.3. The van der Waals surface area contributed by atoms with Crippen LogP contribution in [0.5, 0.6) is 17.2 Å². The molecule has 5 heteroatoms. The van der Waals surface area contributed by atoms with Crippen LogP contribution in [0.4, 0.5) is 0 Å². The van der Waals surface area contributed by atoms with Gasteiger partial charge in [-0.15, -0.1) is 0 Å². The summed E-state index contributed by atoms with van der Waals surface area (Å²) in [6, 6.07) is 19.0. The van der Waals surface area contributed by atoms with Gasteiger partial charge in [0.1, 0.15) is 23.8 Å². The second kappa shape index (κ2) is 7.57. The zero-order valence-electron chi connectivity index (χ0n) is 14.1. The molecule has 0 aliphatic heterocycles. The van der Waals surface area contributed by atoms with E-state index >= 15 is 0 Å². The molecule has 5 nitrogen and oxygen atoms in total. The van der Waals surface area contributed by atoms with E-state index in [-0.39, 0.29) is 6.54 Å². The van der Waals surface area contributed by atoms with Crippen molar-refractivity contribution in [1.82, 2.24) is 4.98 Å². The van der Waals surface area contributed by atoms with E-state index in [0.717, 1.165) is 22.8 Å². The largest absolute Gasteiger partial charge is 0.497 e. The third kappa shape index (κ3) is 4.20. The number of hydrogen-bond donors (Lipinski definition) is 0. The highest BCUT2D eigenvalue weighted by molar-refractivity contribution is 5.62. The van der Waals surface area contributed by atoms with E-state index in [1.54, 1.807) is 13.2 Å². The molecule has 3 rings (SSSR count). The number of aryl methyl sites for hydroxylation is 1. The van der Waals surface area contributed by atoms with Crippen LogP contribution in [0.1, 0.15) is 11.3 Å². The molecule has 0 N–H and O–H groups in total. The average Bonchev–Trinajstić information content (AvgIpc) is 2.64. The molecule has 0 aliphatic rings. The highest BCUT2D eigenvalue weighted by atomic mass is 16.5. The summed E-state index contributed by atoms with van der Waals surface area (Å²) in [5, 5.41) is 2.90. The molecule has 0 aliphatic carbocycles. The van der Waals surface area contributed by atoms with E-state index in [2.05, 4.69) is 10.2 Å². The van der Waals surface area contributed by atoms with Gasteiger partial charge in [-0.05, 0) is 43.3 Å². The van der Waals surface area contributed by atoms with Crippen LogP contribution in [0.15, 0.2) is 65.8 Å². The van der Waals surface area contributed by atoms with Crippen LogP contribution in [0.25, 0.3) is 11.3 Å². The Labute approximate surface area is 146 Å². The quantitative estimate of drug-likeness (QED) is 0.587. The molecule has 2 aromatic carbocycles. The maximum absolute atomic E-state index is 10.5. The van der Waals surface area contributed by atoms with Crippen molar-refractivity contribution in [2.45, 2.75) is 13.5 Å². The molecular weight excluding hydrogens is 316 g/mol. The number of aromatic nitrogens is 1. The molecule has 3 aromatic rings. The maximum atomic E-state index is 10.5. The lowest BCUT2D eigenvalue weighted by Crippen LogP contribution is -1.94. The number of benzene rings is 2. The van der Waals surface area contributed by atoms with Gasteiger partial charge in [-0.2, -0.15) is 4.91 Å². The first-order valence-corrected chi connectivity index (χ1v) is 7.87. The molecule has 0 saturated heterocycles. The predicted octanol–water partition coefficient (Wildman–Crippen LogP) is 5.12. The number of rotatable bonds is 6. The van der Waals surface area contributed by atoms with Crippen molar-refractivity contribution in [2.24, 2.45) is 5.18 Å². The molecule has 0 saturated carbocycles. The summed E-state index contributed by atoms with van der Waals surface area (Å²) in [6.07, 6.45) is 0. The van der Waals surface area contributed by atoms with Crippen molar-refractivity contribution in [1.29, 1.82) is 0 Å². The van der Waals surface area contributed by atoms with Crippen molar-refractivity contribution >= 4 is 0 Å². The molecule has 0 amide bonds. The first-order chi connectivity index (χ1) is 12.2. The van der Waals surface area contributed by atoms with Gasteiger partial charge in [-0.25, -0.2) is 0 Å². The molecule has 0 radical (unpaired) electrons. The molecule has 126 valence electrons. The Morgan fingerprint density at radius 3 is 2.16 bits per heavy atom.